The smallest absolute Gasteiger partial charge is 0.273 e. The van der Waals surface area contributed by atoms with E-state index in [1.54, 1.807) is 48.5 Å². The zero-order valence-corrected chi connectivity index (χ0v) is 14.8. The Bertz CT molecular complexity index is 1040. The van der Waals surface area contributed by atoms with E-state index in [0.29, 0.717) is 22.0 Å². The van der Waals surface area contributed by atoms with Crippen molar-refractivity contribution in [2.45, 2.75) is 0 Å². The topological polar surface area (TPSA) is 88.9 Å². The molecule has 8 heteroatoms. The number of amides is 2. The monoisotopic (exact) mass is 379 g/mol. The molecule has 1 aromatic heterocycles. The van der Waals surface area contributed by atoms with Gasteiger partial charge in [0.05, 0.1) is 23.5 Å². The lowest BCUT2D eigenvalue weighted by Gasteiger charge is -2.06. The number of terminal acetylenes is 1. The maximum Gasteiger partial charge on any atom is 0.273 e. The maximum absolute atomic E-state index is 12.2. The fourth-order valence-electron chi connectivity index (χ4n) is 2.27. The van der Waals surface area contributed by atoms with Crippen molar-refractivity contribution in [3.05, 3.63) is 71.0 Å². The molecular weight excluding hydrogens is 366 g/mol. The number of nitrogens with one attached hydrogen (secondary N) is 2. The van der Waals surface area contributed by atoms with E-state index in [0.717, 1.165) is 0 Å². The van der Waals surface area contributed by atoms with Crippen molar-refractivity contribution in [1.29, 1.82) is 0 Å². The summed E-state index contributed by atoms with van der Waals surface area (Å²) < 4.78 is 1.39. The summed E-state index contributed by atoms with van der Waals surface area (Å²) in [6.45, 7) is -0.224. The molecule has 27 heavy (non-hydrogen) atoms. The Morgan fingerprint density at radius 3 is 2.78 bits per heavy atom. The molecule has 0 spiro atoms. The summed E-state index contributed by atoms with van der Waals surface area (Å²) in [7, 11) is 0. The van der Waals surface area contributed by atoms with Gasteiger partial charge in [0.25, 0.3) is 5.91 Å². The van der Waals surface area contributed by atoms with Gasteiger partial charge >= 0.3 is 0 Å². The zero-order valence-electron chi connectivity index (χ0n) is 14.0. The van der Waals surface area contributed by atoms with Crippen molar-refractivity contribution in [3.8, 4) is 18.0 Å². The van der Waals surface area contributed by atoms with Gasteiger partial charge in [0.2, 0.25) is 5.91 Å². The van der Waals surface area contributed by atoms with E-state index in [1.165, 1.54) is 10.9 Å². The standard InChI is InChI=1S/C19H14ClN5O2/c1-2-13-6-5-7-14(10-13)22-18(26)11-21-19(27)16-12-25(24-23-16)17-9-4-3-8-15(17)20/h1,3-10,12H,11H2,(H,21,27)(H,22,26). The third-order valence-corrected chi connectivity index (χ3v) is 3.87. The Morgan fingerprint density at radius 2 is 2.00 bits per heavy atom. The van der Waals surface area contributed by atoms with Gasteiger partial charge < -0.3 is 10.6 Å². The van der Waals surface area contributed by atoms with Crippen LogP contribution in [0.15, 0.2) is 54.7 Å². The van der Waals surface area contributed by atoms with E-state index >= 15 is 0 Å². The van der Waals surface area contributed by atoms with Crippen LogP contribution < -0.4 is 10.6 Å². The fraction of sp³-hybridized carbons (Fsp3) is 0.0526. The van der Waals surface area contributed by atoms with Crippen molar-refractivity contribution in [3.63, 3.8) is 0 Å². The number of hydrogen-bond acceptors (Lipinski definition) is 4. The van der Waals surface area contributed by atoms with E-state index in [9.17, 15) is 9.59 Å². The number of halogens is 1. The van der Waals surface area contributed by atoms with E-state index < -0.39 is 11.8 Å². The summed E-state index contributed by atoms with van der Waals surface area (Å²) >= 11 is 6.09. The first-order valence-electron chi connectivity index (χ1n) is 7.89. The summed E-state index contributed by atoms with van der Waals surface area (Å²) in [6, 6.07) is 13.9. The molecule has 0 atom stereocenters. The minimum atomic E-state index is -0.527. The van der Waals surface area contributed by atoms with Crippen molar-refractivity contribution < 1.29 is 9.59 Å². The van der Waals surface area contributed by atoms with Crippen LogP contribution in [0.3, 0.4) is 0 Å². The number of anilines is 1. The first-order valence-corrected chi connectivity index (χ1v) is 8.26. The number of para-hydroxylation sites is 1. The first kappa shape index (κ1) is 18.2. The van der Waals surface area contributed by atoms with Gasteiger partial charge in [0, 0.05) is 11.3 Å². The van der Waals surface area contributed by atoms with Crippen LogP contribution in [0.25, 0.3) is 5.69 Å². The third kappa shape index (κ3) is 4.51. The molecule has 2 N–H and O–H groups in total. The SMILES string of the molecule is C#Cc1cccc(NC(=O)CNC(=O)c2cn(-c3ccccc3Cl)nn2)c1. The highest BCUT2D eigenvalue weighted by atomic mass is 35.5. The number of aromatic nitrogens is 3. The molecule has 3 aromatic rings. The normalized spacial score (nSPS) is 10.1. The molecule has 2 aromatic carbocycles. The predicted molar refractivity (Wildman–Crippen MR) is 102 cm³/mol. The number of hydrogen-bond donors (Lipinski definition) is 2. The first-order chi connectivity index (χ1) is 13.1. The van der Waals surface area contributed by atoms with Crippen molar-refractivity contribution in [1.82, 2.24) is 20.3 Å². The lowest BCUT2D eigenvalue weighted by atomic mass is 10.2. The van der Waals surface area contributed by atoms with E-state index in [1.807, 2.05) is 0 Å². The molecule has 0 bridgehead atoms. The number of nitrogens with zero attached hydrogens (tertiary/aromatic N) is 3. The van der Waals surface area contributed by atoms with Gasteiger partial charge in [-0.25, -0.2) is 4.68 Å². The van der Waals surface area contributed by atoms with Crippen LogP contribution in [0.5, 0.6) is 0 Å². The highest BCUT2D eigenvalue weighted by Gasteiger charge is 2.14. The Labute approximate surface area is 160 Å². The predicted octanol–water partition coefficient (Wildman–Crippen LogP) is 2.27. The summed E-state index contributed by atoms with van der Waals surface area (Å²) in [4.78, 5) is 24.1. The van der Waals surface area contributed by atoms with Crippen LogP contribution >= 0.6 is 11.6 Å². The lowest BCUT2D eigenvalue weighted by Crippen LogP contribution is -2.33. The Morgan fingerprint density at radius 1 is 1.19 bits per heavy atom. The van der Waals surface area contributed by atoms with Gasteiger partial charge in [-0.1, -0.05) is 40.9 Å². The molecular formula is C19H14ClN5O2. The Kier molecular flexibility index (Phi) is 5.50. The molecule has 1 heterocycles. The molecule has 0 saturated carbocycles. The lowest BCUT2D eigenvalue weighted by molar-refractivity contribution is -0.115. The number of benzene rings is 2. The van der Waals surface area contributed by atoms with Crippen LogP contribution in [0.1, 0.15) is 16.1 Å². The maximum atomic E-state index is 12.2. The van der Waals surface area contributed by atoms with Gasteiger partial charge in [-0.3, -0.25) is 9.59 Å². The molecule has 0 saturated heterocycles. The van der Waals surface area contributed by atoms with Crippen LogP contribution in [0, 0.1) is 12.3 Å². The van der Waals surface area contributed by atoms with Crippen molar-refractivity contribution in [2.75, 3.05) is 11.9 Å². The molecule has 2 amide bonds. The molecule has 7 nitrogen and oxygen atoms in total. The van der Waals surface area contributed by atoms with E-state index in [4.69, 9.17) is 18.0 Å². The highest BCUT2D eigenvalue weighted by Crippen LogP contribution is 2.18. The van der Waals surface area contributed by atoms with Gasteiger partial charge in [0.15, 0.2) is 5.69 Å². The second-order valence-electron chi connectivity index (χ2n) is 5.46. The third-order valence-electron chi connectivity index (χ3n) is 3.55. The molecule has 0 unspecified atom stereocenters. The zero-order chi connectivity index (χ0) is 19.2. The number of carbonyl (C=O) groups is 2. The van der Waals surface area contributed by atoms with Gasteiger partial charge in [0.1, 0.15) is 0 Å². The Hall–Kier alpha value is -3.63. The number of rotatable bonds is 5. The molecule has 0 aliphatic heterocycles. The fourth-order valence-corrected chi connectivity index (χ4v) is 2.49. The van der Waals surface area contributed by atoms with Crippen LogP contribution in [0.4, 0.5) is 5.69 Å². The quantitative estimate of drug-likeness (QED) is 0.665. The van der Waals surface area contributed by atoms with E-state index in [2.05, 4.69) is 26.9 Å². The molecule has 0 aliphatic rings. The van der Waals surface area contributed by atoms with Crippen LogP contribution in [-0.4, -0.2) is 33.4 Å². The Balaban J connectivity index is 1.59. The second kappa shape index (κ2) is 8.17. The van der Waals surface area contributed by atoms with Crippen LogP contribution in [0.2, 0.25) is 5.02 Å². The molecule has 0 radical (unpaired) electrons. The minimum Gasteiger partial charge on any atom is -0.342 e. The summed E-state index contributed by atoms with van der Waals surface area (Å²) in [5, 5.41) is 13.3. The average Bonchev–Trinajstić information content (AvgIpc) is 3.16. The molecule has 0 aliphatic carbocycles. The molecule has 0 fully saturated rings. The summed E-state index contributed by atoms with van der Waals surface area (Å²) in [5.74, 6) is 1.56. The van der Waals surface area contributed by atoms with Gasteiger partial charge in [-0.2, -0.15) is 0 Å². The molecule has 3 rings (SSSR count). The summed E-state index contributed by atoms with van der Waals surface area (Å²) in [6.07, 6.45) is 6.76. The average molecular weight is 380 g/mol. The van der Waals surface area contributed by atoms with E-state index in [-0.39, 0.29) is 12.2 Å². The van der Waals surface area contributed by atoms with Gasteiger partial charge in [-0.15, -0.1) is 11.5 Å². The van der Waals surface area contributed by atoms with Crippen molar-refractivity contribution in [2.24, 2.45) is 0 Å². The molecule has 134 valence electrons. The second-order valence-corrected chi connectivity index (χ2v) is 5.86. The van der Waals surface area contributed by atoms with Gasteiger partial charge in [-0.05, 0) is 30.3 Å². The largest absolute Gasteiger partial charge is 0.342 e. The van der Waals surface area contributed by atoms with Crippen LogP contribution in [-0.2, 0) is 4.79 Å². The minimum absolute atomic E-state index is 0.0667. The van der Waals surface area contributed by atoms with Crippen molar-refractivity contribution >= 4 is 29.1 Å². The number of carbonyl (C=O) groups excluding carboxylic acids is 2. The highest BCUT2D eigenvalue weighted by molar-refractivity contribution is 6.32. The summed E-state index contributed by atoms with van der Waals surface area (Å²) in [5.41, 5.74) is 1.86.